The van der Waals surface area contributed by atoms with Crippen molar-refractivity contribution in [1.82, 2.24) is 10.2 Å². The summed E-state index contributed by atoms with van der Waals surface area (Å²) >= 11 is 0. The van der Waals surface area contributed by atoms with Crippen LogP contribution in [0.4, 0.5) is 0 Å². The van der Waals surface area contributed by atoms with Crippen LogP contribution in [0.1, 0.15) is 39.0 Å². The summed E-state index contributed by atoms with van der Waals surface area (Å²) in [6, 6.07) is 2.08. The van der Waals surface area contributed by atoms with Gasteiger partial charge in [0.25, 0.3) is 0 Å². The van der Waals surface area contributed by atoms with E-state index in [0.717, 1.165) is 13.1 Å². The first kappa shape index (κ1) is 11.9. The van der Waals surface area contributed by atoms with Crippen molar-refractivity contribution in [2.24, 2.45) is 5.73 Å². The molecule has 0 aromatic rings. The maximum absolute atomic E-state index is 10.8. The molecule has 2 aliphatic heterocycles. The van der Waals surface area contributed by atoms with Crippen LogP contribution in [0.3, 0.4) is 0 Å². The van der Waals surface area contributed by atoms with E-state index in [2.05, 4.69) is 17.1 Å². The Labute approximate surface area is 97.6 Å². The molecule has 0 spiro atoms. The zero-order valence-corrected chi connectivity index (χ0v) is 10.1. The van der Waals surface area contributed by atoms with E-state index in [-0.39, 0.29) is 5.91 Å². The molecular formula is C12H23N3O. The summed E-state index contributed by atoms with van der Waals surface area (Å²) in [6.07, 6.45) is 5.63. The lowest BCUT2D eigenvalue weighted by Crippen LogP contribution is -2.48. The number of nitrogens with one attached hydrogen (secondary N) is 1. The molecule has 0 aromatic carbocycles. The highest BCUT2D eigenvalue weighted by Crippen LogP contribution is 2.29. The number of hydrogen-bond acceptors (Lipinski definition) is 3. The zero-order chi connectivity index (χ0) is 11.5. The van der Waals surface area contributed by atoms with Crippen molar-refractivity contribution in [3.63, 3.8) is 0 Å². The third-order valence-electron chi connectivity index (χ3n) is 4.02. The lowest BCUT2D eigenvalue weighted by Gasteiger charge is -2.37. The Balaban J connectivity index is 1.86. The van der Waals surface area contributed by atoms with Crippen molar-refractivity contribution in [2.75, 3.05) is 13.1 Å². The van der Waals surface area contributed by atoms with Crippen LogP contribution in [0.25, 0.3) is 0 Å². The highest BCUT2D eigenvalue weighted by molar-refractivity contribution is 5.73. The minimum absolute atomic E-state index is 0.185. The number of amides is 1. The fourth-order valence-corrected chi connectivity index (χ4v) is 3.18. The average Bonchev–Trinajstić information content (AvgIpc) is 2.58. The molecule has 2 heterocycles. The molecule has 92 valence electrons. The normalized spacial score (nSPS) is 33.2. The largest absolute Gasteiger partial charge is 0.370 e. The fraction of sp³-hybridized carbons (Fsp3) is 0.917. The van der Waals surface area contributed by atoms with Gasteiger partial charge in [-0.15, -0.1) is 0 Å². The zero-order valence-electron chi connectivity index (χ0n) is 10.1. The van der Waals surface area contributed by atoms with Gasteiger partial charge in [0.2, 0.25) is 5.91 Å². The van der Waals surface area contributed by atoms with Crippen molar-refractivity contribution < 1.29 is 4.79 Å². The second-order valence-corrected chi connectivity index (χ2v) is 5.11. The SMILES string of the molecule is CCN(CCC(N)=O)C1CC2CCC(C1)N2. The molecule has 0 aliphatic carbocycles. The summed E-state index contributed by atoms with van der Waals surface area (Å²) in [5.74, 6) is -0.185. The van der Waals surface area contributed by atoms with Gasteiger partial charge in [0, 0.05) is 31.1 Å². The summed E-state index contributed by atoms with van der Waals surface area (Å²) in [5, 5.41) is 3.65. The van der Waals surface area contributed by atoms with Crippen LogP contribution in [0.5, 0.6) is 0 Å². The second kappa shape index (κ2) is 5.15. The number of fused-ring (bicyclic) bond motifs is 2. The number of carbonyl (C=O) groups is 1. The van der Waals surface area contributed by atoms with Gasteiger partial charge in [-0.1, -0.05) is 6.92 Å². The minimum Gasteiger partial charge on any atom is -0.370 e. The van der Waals surface area contributed by atoms with E-state index in [1.54, 1.807) is 0 Å². The van der Waals surface area contributed by atoms with Crippen molar-refractivity contribution >= 4 is 5.91 Å². The topological polar surface area (TPSA) is 58.4 Å². The lowest BCUT2D eigenvalue weighted by molar-refractivity contribution is -0.118. The molecule has 2 aliphatic rings. The Morgan fingerprint density at radius 2 is 2.00 bits per heavy atom. The number of hydrogen-bond donors (Lipinski definition) is 2. The Morgan fingerprint density at radius 3 is 2.50 bits per heavy atom. The van der Waals surface area contributed by atoms with Crippen LogP contribution in [0.15, 0.2) is 0 Å². The Morgan fingerprint density at radius 1 is 1.38 bits per heavy atom. The van der Waals surface area contributed by atoms with Gasteiger partial charge in [0.05, 0.1) is 0 Å². The molecule has 2 rings (SSSR count). The molecule has 3 N–H and O–H groups in total. The molecule has 16 heavy (non-hydrogen) atoms. The van der Waals surface area contributed by atoms with Crippen molar-refractivity contribution in [3.05, 3.63) is 0 Å². The maximum atomic E-state index is 10.8. The number of carbonyl (C=O) groups excluding carboxylic acids is 1. The third-order valence-corrected chi connectivity index (χ3v) is 4.02. The summed E-state index contributed by atoms with van der Waals surface area (Å²) in [7, 11) is 0. The van der Waals surface area contributed by atoms with Crippen molar-refractivity contribution in [3.8, 4) is 0 Å². The third kappa shape index (κ3) is 2.74. The number of nitrogens with zero attached hydrogens (tertiary/aromatic N) is 1. The average molecular weight is 225 g/mol. The van der Waals surface area contributed by atoms with E-state index in [9.17, 15) is 4.79 Å². The summed E-state index contributed by atoms with van der Waals surface area (Å²) in [4.78, 5) is 13.3. The van der Waals surface area contributed by atoms with Gasteiger partial charge in [0.15, 0.2) is 0 Å². The van der Waals surface area contributed by atoms with E-state index in [0.29, 0.717) is 24.5 Å². The van der Waals surface area contributed by atoms with Crippen LogP contribution < -0.4 is 11.1 Å². The highest BCUT2D eigenvalue weighted by Gasteiger charge is 2.35. The molecule has 4 nitrogen and oxygen atoms in total. The van der Waals surface area contributed by atoms with Crippen LogP contribution in [0, 0.1) is 0 Å². The molecule has 2 saturated heterocycles. The van der Waals surface area contributed by atoms with Gasteiger partial charge in [-0.05, 0) is 32.2 Å². The number of piperidine rings is 1. The Kier molecular flexibility index (Phi) is 3.82. The van der Waals surface area contributed by atoms with E-state index < -0.39 is 0 Å². The molecule has 4 heteroatoms. The smallest absolute Gasteiger partial charge is 0.218 e. The van der Waals surface area contributed by atoms with Crippen molar-refractivity contribution in [2.45, 2.75) is 57.2 Å². The monoisotopic (exact) mass is 225 g/mol. The van der Waals surface area contributed by atoms with Gasteiger partial charge in [-0.3, -0.25) is 4.79 Å². The second-order valence-electron chi connectivity index (χ2n) is 5.11. The molecule has 2 unspecified atom stereocenters. The molecule has 0 saturated carbocycles. The van der Waals surface area contributed by atoms with Gasteiger partial charge in [-0.2, -0.15) is 0 Å². The van der Waals surface area contributed by atoms with E-state index >= 15 is 0 Å². The maximum Gasteiger partial charge on any atom is 0.218 e. The summed E-state index contributed by atoms with van der Waals surface area (Å²) in [6.45, 7) is 4.03. The number of nitrogens with two attached hydrogens (primary N) is 1. The lowest BCUT2D eigenvalue weighted by atomic mass is 9.98. The molecule has 1 amide bonds. The summed E-state index contributed by atoms with van der Waals surface area (Å²) < 4.78 is 0. The predicted octanol–water partition coefficient (Wildman–Crippen LogP) is 0.467. The Bertz CT molecular complexity index is 245. The standard InChI is InChI=1S/C12H23N3O/c1-2-15(6-5-12(13)16)11-7-9-3-4-10(8-11)14-9/h9-11,14H,2-8H2,1H3,(H2,13,16). The number of primary amides is 1. The minimum atomic E-state index is -0.185. The first-order valence-electron chi connectivity index (χ1n) is 6.47. The number of rotatable bonds is 5. The predicted molar refractivity (Wildman–Crippen MR) is 64.0 cm³/mol. The molecule has 2 bridgehead atoms. The molecule has 2 fully saturated rings. The summed E-state index contributed by atoms with van der Waals surface area (Å²) in [5.41, 5.74) is 5.21. The molecule has 2 atom stereocenters. The van der Waals surface area contributed by atoms with Crippen LogP contribution in [-0.2, 0) is 4.79 Å². The molecule has 0 radical (unpaired) electrons. The highest BCUT2D eigenvalue weighted by atomic mass is 16.1. The quantitative estimate of drug-likeness (QED) is 0.715. The first-order chi connectivity index (χ1) is 7.69. The fourth-order valence-electron chi connectivity index (χ4n) is 3.18. The van der Waals surface area contributed by atoms with Gasteiger partial charge < -0.3 is 16.0 Å². The van der Waals surface area contributed by atoms with E-state index in [1.807, 2.05) is 0 Å². The van der Waals surface area contributed by atoms with Crippen LogP contribution in [0.2, 0.25) is 0 Å². The van der Waals surface area contributed by atoms with Crippen molar-refractivity contribution in [1.29, 1.82) is 0 Å². The Hall–Kier alpha value is -0.610. The van der Waals surface area contributed by atoms with Crippen LogP contribution >= 0.6 is 0 Å². The van der Waals surface area contributed by atoms with E-state index in [4.69, 9.17) is 5.73 Å². The first-order valence-corrected chi connectivity index (χ1v) is 6.47. The van der Waals surface area contributed by atoms with Crippen LogP contribution in [-0.4, -0.2) is 42.0 Å². The van der Waals surface area contributed by atoms with E-state index in [1.165, 1.54) is 25.7 Å². The molecular weight excluding hydrogens is 202 g/mol. The van der Waals surface area contributed by atoms with Gasteiger partial charge >= 0.3 is 0 Å². The van der Waals surface area contributed by atoms with Gasteiger partial charge in [0.1, 0.15) is 0 Å². The molecule has 0 aromatic heterocycles. The van der Waals surface area contributed by atoms with Gasteiger partial charge in [-0.25, -0.2) is 0 Å².